The number of ether oxygens (including phenoxy) is 1. The van der Waals surface area contributed by atoms with Crippen molar-refractivity contribution < 1.29 is 9.53 Å². The lowest BCUT2D eigenvalue weighted by molar-refractivity contribution is -0.130. The maximum atomic E-state index is 12.6. The van der Waals surface area contributed by atoms with Gasteiger partial charge in [0.1, 0.15) is 5.75 Å². The number of hydrogen-bond donors (Lipinski definition) is 0. The summed E-state index contributed by atoms with van der Waals surface area (Å²) in [4.78, 5) is 22.5. The molecule has 2 saturated heterocycles. The summed E-state index contributed by atoms with van der Waals surface area (Å²) in [5, 5.41) is 0. The molecule has 2 aliphatic rings. The summed E-state index contributed by atoms with van der Waals surface area (Å²) < 4.78 is 5.23. The van der Waals surface area contributed by atoms with E-state index in [2.05, 4.69) is 21.9 Å². The van der Waals surface area contributed by atoms with Gasteiger partial charge in [-0.3, -0.25) is 14.6 Å². The Morgan fingerprint density at radius 2 is 1.47 bits per heavy atom. The molecule has 0 atom stereocenters. The number of carbonyl (C=O) groups excluding carboxylic acids is 1. The number of carbonyl (C=O) groups is 1. The van der Waals surface area contributed by atoms with Crippen LogP contribution in [-0.4, -0.2) is 60.4 Å². The largest absolute Gasteiger partial charge is 0.497 e. The highest BCUT2D eigenvalue weighted by Gasteiger charge is 2.21. The summed E-state index contributed by atoms with van der Waals surface area (Å²) in [7, 11) is 1.67. The van der Waals surface area contributed by atoms with E-state index in [0.29, 0.717) is 13.0 Å². The highest BCUT2D eigenvalue weighted by molar-refractivity contribution is 7.11. The average Bonchev–Trinajstić information content (AvgIpc) is 3.14. The SMILES string of the molecule is COc1ccc(CN2CCN(Cc3ccc(CN4CCCCC4)s3)CCC2=O)cc1. The number of rotatable bonds is 7. The predicted octanol–water partition coefficient (Wildman–Crippen LogP) is 3.98. The first kappa shape index (κ1) is 21.3. The van der Waals surface area contributed by atoms with Gasteiger partial charge in [0.25, 0.3) is 0 Å². The number of methoxy groups -OCH3 is 1. The first-order chi connectivity index (χ1) is 14.7. The van der Waals surface area contributed by atoms with Crippen molar-refractivity contribution in [3.8, 4) is 5.75 Å². The smallest absolute Gasteiger partial charge is 0.224 e. The van der Waals surface area contributed by atoms with E-state index in [1.807, 2.05) is 40.5 Å². The molecule has 2 aromatic rings. The number of likely N-dealkylation sites (tertiary alicyclic amines) is 1. The van der Waals surface area contributed by atoms with Crippen LogP contribution in [-0.2, 0) is 24.4 Å². The van der Waals surface area contributed by atoms with E-state index in [1.165, 1.54) is 42.1 Å². The Balaban J connectivity index is 1.28. The molecular weight excluding hydrogens is 394 g/mol. The maximum absolute atomic E-state index is 12.6. The van der Waals surface area contributed by atoms with Crippen molar-refractivity contribution >= 4 is 17.2 Å². The lowest BCUT2D eigenvalue weighted by Crippen LogP contribution is -2.32. The Bertz CT molecular complexity index is 814. The van der Waals surface area contributed by atoms with E-state index in [1.54, 1.807) is 7.11 Å². The van der Waals surface area contributed by atoms with Crippen LogP contribution in [0.25, 0.3) is 0 Å². The van der Waals surface area contributed by atoms with Crippen molar-refractivity contribution in [1.29, 1.82) is 0 Å². The van der Waals surface area contributed by atoms with E-state index in [0.717, 1.165) is 44.0 Å². The molecule has 162 valence electrons. The zero-order valence-corrected chi connectivity index (χ0v) is 18.8. The minimum Gasteiger partial charge on any atom is -0.497 e. The monoisotopic (exact) mass is 427 g/mol. The van der Waals surface area contributed by atoms with E-state index in [4.69, 9.17) is 4.74 Å². The summed E-state index contributed by atoms with van der Waals surface area (Å²) in [5.74, 6) is 1.10. The fraction of sp³-hybridized carbons (Fsp3) is 0.542. The van der Waals surface area contributed by atoms with Gasteiger partial charge in [-0.25, -0.2) is 0 Å². The minimum atomic E-state index is 0.255. The van der Waals surface area contributed by atoms with Crippen LogP contribution in [0.4, 0.5) is 0 Å². The fourth-order valence-electron chi connectivity index (χ4n) is 4.34. The predicted molar refractivity (Wildman–Crippen MR) is 122 cm³/mol. The average molecular weight is 428 g/mol. The molecule has 4 rings (SSSR count). The Kier molecular flexibility index (Phi) is 7.42. The van der Waals surface area contributed by atoms with E-state index in [-0.39, 0.29) is 5.91 Å². The third-order valence-electron chi connectivity index (χ3n) is 6.14. The second-order valence-electron chi connectivity index (χ2n) is 8.39. The molecule has 0 saturated carbocycles. The van der Waals surface area contributed by atoms with Crippen LogP contribution in [0.1, 0.15) is 41.0 Å². The molecule has 2 aliphatic heterocycles. The van der Waals surface area contributed by atoms with Gasteiger partial charge < -0.3 is 9.64 Å². The molecule has 0 N–H and O–H groups in total. The molecule has 2 fully saturated rings. The second kappa shape index (κ2) is 10.4. The first-order valence-electron chi connectivity index (χ1n) is 11.1. The molecule has 0 unspecified atom stereocenters. The Labute approximate surface area is 184 Å². The van der Waals surface area contributed by atoms with Crippen molar-refractivity contribution in [2.45, 2.75) is 45.3 Å². The summed E-state index contributed by atoms with van der Waals surface area (Å²) in [6.07, 6.45) is 4.66. The minimum absolute atomic E-state index is 0.255. The molecule has 0 aliphatic carbocycles. The van der Waals surface area contributed by atoms with Crippen LogP contribution in [0.3, 0.4) is 0 Å². The standard InChI is InChI=1S/C24H33N3O2S/c1-29-21-7-5-20(6-8-21)17-27-16-15-26(14-11-24(27)28)19-23-10-9-22(30-23)18-25-12-3-2-4-13-25/h5-10H,2-4,11-19H2,1H3. The Morgan fingerprint density at radius 3 is 2.13 bits per heavy atom. The highest BCUT2D eigenvalue weighted by atomic mass is 32.1. The molecule has 1 amide bonds. The maximum Gasteiger partial charge on any atom is 0.224 e. The topological polar surface area (TPSA) is 36.0 Å². The quantitative estimate of drug-likeness (QED) is 0.670. The van der Waals surface area contributed by atoms with Crippen LogP contribution in [0.2, 0.25) is 0 Å². The van der Waals surface area contributed by atoms with Gasteiger partial charge in [-0.05, 0) is 55.8 Å². The summed E-state index contributed by atoms with van der Waals surface area (Å²) in [6, 6.07) is 12.6. The summed E-state index contributed by atoms with van der Waals surface area (Å²) in [5.41, 5.74) is 1.15. The van der Waals surface area contributed by atoms with Crippen molar-refractivity contribution in [3.05, 3.63) is 51.7 Å². The van der Waals surface area contributed by atoms with Crippen LogP contribution in [0.5, 0.6) is 5.75 Å². The molecule has 1 aromatic heterocycles. The summed E-state index contributed by atoms with van der Waals surface area (Å²) in [6.45, 7) is 7.77. The van der Waals surface area contributed by atoms with Gasteiger partial charge in [0.05, 0.1) is 7.11 Å². The zero-order valence-electron chi connectivity index (χ0n) is 18.0. The van der Waals surface area contributed by atoms with Crippen LogP contribution in [0, 0.1) is 0 Å². The summed E-state index contributed by atoms with van der Waals surface area (Å²) >= 11 is 1.94. The number of thiophene rings is 1. The first-order valence-corrected chi connectivity index (χ1v) is 11.9. The molecular formula is C24H33N3O2S. The zero-order chi connectivity index (χ0) is 20.8. The fourth-order valence-corrected chi connectivity index (χ4v) is 5.44. The lowest BCUT2D eigenvalue weighted by atomic mass is 10.1. The number of benzene rings is 1. The third-order valence-corrected chi connectivity index (χ3v) is 7.19. The van der Waals surface area contributed by atoms with E-state index >= 15 is 0 Å². The van der Waals surface area contributed by atoms with Gasteiger partial charge in [0.2, 0.25) is 5.91 Å². The molecule has 6 heteroatoms. The van der Waals surface area contributed by atoms with Crippen molar-refractivity contribution in [1.82, 2.24) is 14.7 Å². The Morgan fingerprint density at radius 1 is 0.800 bits per heavy atom. The number of hydrogen-bond acceptors (Lipinski definition) is 5. The molecule has 0 bridgehead atoms. The Hall–Kier alpha value is -1.89. The molecule has 5 nitrogen and oxygen atoms in total. The molecule has 0 spiro atoms. The van der Waals surface area contributed by atoms with Crippen LogP contribution >= 0.6 is 11.3 Å². The number of nitrogens with zero attached hydrogens (tertiary/aromatic N) is 3. The third kappa shape index (κ3) is 5.84. The van der Waals surface area contributed by atoms with E-state index in [9.17, 15) is 4.79 Å². The van der Waals surface area contributed by atoms with Crippen molar-refractivity contribution in [2.24, 2.45) is 0 Å². The van der Waals surface area contributed by atoms with Crippen LogP contribution < -0.4 is 4.74 Å². The van der Waals surface area contributed by atoms with E-state index < -0.39 is 0 Å². The van der Waals surface area contributed by atoms with Crippen LogP contribution in [0.15, 0.2) is 36.4 Å². The van der Waals surface area contributed by atoms with Gasteiger partial charge in [0.15, 0.2) is 0 Å². The van der Waals surface area contributed by atoms with Crippen molar-refractivity contribution in [2.75, 3.05) is 39.8 Å². The molecule has 1 aromatic carbocycles. The van der Waals surface area contributed by atoms with Crippen molar-refractivity contribution in [3.63, 3.8) is 0 Å². The second-order valence-corrected chi connectivity index (χ2v) is 9.65. The normalized spacial score (nSPS) is 19.1. The van der Waals surface area contributed by atoms with Gasteiger partial charge in [-0.15, -0.1) is 11.3 Å². The molecule has 0 radical (unpaired) electrons. The van der Waals surface area contributed by atoms with Gasteiger partial charge >= 0.3 is 0 Å². The van der Waals surface area contributed by atoms with Gasteiger partial charge in [-0.2, -0.15) is 0 Å². The highest BCUT2D eigenvalue weighted by Crippen LogP contribution is 2.23. The van der Waals surface area contributed by atoms with Gasteiger partial charge in [-0.1, -0.05) is 18.6 Å². The van der Waals surface area contributed by atoms with Gasteiger partial charge in [0, 0.05) is 55.4 Å². The number of piperidine rings is 1. The molecule has 30 heavy (non-hydrogen) atoms. The lowest BCUT2D eigenvalue weighted by Gasteiger charge is -2.25. The molecule has 3 heterocycles. The number of amides is 1.